The molecule has 1 heterocycles. The van der Waals surface area contributed by atoms with Gasteiger partial charge in [-0.05, 0) is 17.9 Å². The minimum Gasteiger partial charge on any atom is -0.376 e. The van der Waals surface area contributed by atoms with Crippen LogP contribution in [0.2, 0.25) is 0 Å². The maximum absolute atomic E-state index is 11.0. The fourth-order valence-electron chi connectivity index (χ4n) is 2.72. The number of fused-ring (bicyclic) bond motifs is 1. The van der Waals surface area contributed by atoms with E-state index >= 15 is 0 Å². The number of rotatable bonds is 4. The van der Waals surface area contributed by atoms with E-state index in [0.717, 1.165) is 19.2 Å². The molecule has 1 aromatic rings. The predicted molar refractivity (Wildman–Crippen MR) is 67.0 cm³/mol. The van der Waals surface area contributed by atoms with Gasteiger partial charge in [-0.15, -0.1) is 0 Å². The van der Waals surface area contributed by atoms with Gasteiger partial charge in [-0.3, -0.25) is 20.2 Å². The Kier molecular flexibility index (Phi) is 2.59. The van der Waals surface area contributed by atoms with Gasteiger partial charge in [-0.2, -0.15) is 0 Å². The zero-order valence-corrected chi connectivity index (χ0v) is 9.91. The van der Waals surface area contributed by atoms with Gasteiger partial charge >= 0.3 is 0 Å². The van der Waals surface area contributed by atoms with Gasteiger partial charge in [0.1, 0.15) is 5.69 Å². The van der Waals surface area contributed by atoms with Gasteiger partial charge in [-0.25, -0.2) is 0 Å². The summed E-state index contributed by atoms with van der Waals surface area (Å²) in [5, 5.41) is 28.0. The van der Waals surface area contributed by atoms with E-state index < -0.39 is 9.85 Å². The van der Waals surface area contributed by atoms with Crippen molar-refractivity contribution in [2.24, 2.45) is 11.8 Å². The van der Waals surface area contributed by atoms with Crippen LogP contribution < -0.4 is 10.6 Å². The van der Waals surface area contributed by atoms with Crippen molar-refractivity contribution in [1.29, 1.82) is 0 Å². The predicted octanol–water partition coefficient (Wildman–Crippen LogP) is 1.13. The zero-order valence-electron chi connectivity index (χ0n) is 9.91. The van der Waals surface area contributed by atoms with E-state index in [9.17, 15) is 20.2 Å². The van der Waals surface area contributed by atoms with Crippen LogP contribution in [0.1, 0.15) is 0 Å². The van der Waals surface area contributed by atoms with Crippen molar-refractivity contribution in [2.75, 3.05) is 18.4 Å². The molecule has 1 aliphatic carbocycles. The number of benzene rings is 1. The summed E-state index contributed by atoms with van der Waals surface area (Å²) in [7, 11) is 0. The van der Waals surface area contributed by atoms with Crippen LogP contribution in [0.15, 0.2) is 18.2 Å². The highest BCUT2D eigenvalue weighted by Crippen LogP contribution is 2.45. The quantitative estimate of drug-likeness (QED) is 0.623. The summed E-state index contributed by atoms with van der Waals surface area (Å²) in [4.78, 5) is 20.4. The average molecular weight is 264 g/mol. The summed E-state index contributed by atoms with van der Waals surface area (Å²) < 4.78 is 0. The molecule has 2 atom stereocenters. The first-order valence-electron chi connectivity index (χ1n) is 5.98. The van der Waals surface area contributed by atoms with E-state index in [4.69, 9.17) is 0 Å². The third-order valence-corrected chi connectivity index (χ3v) is 3.80. The van der Waals surface area contributed by atoms with Crippen molar-refractivity contribution in [3.8, 4) is 0 Å². The van der Waals surface area contributed by atoms with Gasteiger partial charge in [0.15, 0.2) is 0 Å². The number of nitro benzene ring substituents is 2. The third kappa shape index (κ3) is 1.99. The first-order valence-corrected chi connectivity index (χ1v) is 5.98. The highest BCUT2D eigenvalue weighted by atomic mass is 16.6. The maximum Gasteiger partial charge on any atom is 0.299 e. The van der Waals surface area contributed by atoms with E-state index in [2.05, 4.69) is 10.6 Å². The largest absolute Gasteiger partial charge is 0.376 e. The molecule has 2 unspecified atom stereocenters. The average Bonchev–Trinajstić information content (AvgIpc) is 2.82. The smallest absolute Gasteiger partial charge is 0.299 e. The molecular weight excluding hydrogens is 252 g/mol. The summed E-state index contributed by atoms with van der Waals surface area (Å²) in [6.45, 7) is 1.84. The van der Waals surface area contributed by atoms with Crippen LogP contribution in [0.3, 0.4) is 0 Å². The van der Waals surface area contributed by atoms with Crippen LogP contribution in [0, 0.1) is 32.1 Å². The molecule has 1 saturated carbocycles. The van der Waals surface area contributed by atoms with Gasteiger partial charge in [-0.1, -0.05) is 0 Å². The Bertz CT molecular complexity index is 552. The number of piperidine rings is 1. The second-order valence-corrected chi connectivity index (χ2v) is 4.87. The molecule has 0 bridgehead atoms. The summed E-state index contributed by atoms with van der Waals surface area (Å²) in [5.74, 6) is 1.02. The topological polar surface area (TPSA) is 110 Å². The molecule has 0 aromatic heterocycles. The van der Waals surface area contributed by atoms with E-state index in [1.54, 1.807) is 0 Å². The molecule has 2 aliphatic rings. The van der Waals surface area contributed by atoms with Crippen molar-refractivity contribution in [2.45, 2.75) is 6.04 Å². The summed E-state index contributed by atoms with van der Waals surface area (Å²) >= 11 is 0. The van der Waals surface area contributed by atoms with Crippen molar-refractivity contribution < 1.29 is 9.85 Å². The summed E-state index contributed by atoms with van der Waals surface area (Å²) in [5.41, 5.74) is -0.156. The molecule has 8 heteroatoms. The minimum atomic E-state index is -0.632. The standard InChI is InChI=1S/C11H12N4O4/c16-14(17)6-1-2-9(10(3-6)15(18)19)13-11-7-4-12-5-8(7)11/h1-3,7-8,11-13H,4-5H2. The van der Waals surface area contributed by atoms with Crippen molar-refractivity contribution in [1.82, 2.24) is 5.32 Å². The lowest BCUT2D eigenvalue weighted by atomic mass is 10.2. The van der Waals surface area contributed by atoms with E-state index in [-0.39, 0.29) is 17.4 Å². The van der Waals surface area contributed by atoms with Crippen LogP contribution in [-0.2, 0) is 0 Å². The summed E-state index contributed by atoms with van der Waals surface area (Å²) in [6.07, 6.45) is 0. The molecule has 8 nitrogen and oxygen atoms in total. The Hall–Kier alpha value is -2.22. The molecule has 0 amide bonds. The highest BCUT2D eigenvalue weighted by molar-refractivity contribution is 5.66. The number of non-ortho nitro benzene ring substituents is 1. The minimum absolute atomic E-state index is 0.237. The molecule has 0 radical (unpaired) electrons. The number of anilines is 1. The Morgan fingerprint density at radius 3 is 2.42 bits per heavy atom. The van der Waals surface area contributed by atoms with Crippen LogP contribution in [0.25, 0.3) is 0 Å². The lowest BCUT2D eigenvalue weighted by molar-refractivity contribution is -0.393. The van der Waals surface area contributed by atoms with Gasteiger partial charge in [0, 0.05) is 25.2 Å². The van der Waals surface area contributed by atoms with Gasteiger partial charge in [0.25, 0.3) is 11.4 Å². The molecule has 0 spiro atoms. The fourth-order valence-corrected chi connectivity index (χ4v) is 2.72. The molecule has 100 valence electrons. The lowest BCUT2D eigenvalue weighted by Crippen LogP contribution is -2.21. The highest BCUT2D eigenvalue weighted by Gasteiger charge is 2.53. The third-order valence-electron chi connectivity index (χ3n) is 3.80. The first kappa shape index (κ1) is 11.8. The summed E-state index contributed by atoms with van der Waals surface area (Å²) in [6, 6.07) is 3.93. The van der Waals surface area contributed by atoms with E-state index in [0.29, 0.717) is 17.5 Å². The Balaban J connectivity index is 1.84. The van der Waals surface area contributed by atoms with Gasteiger partial charge in [0.2, 0.25) is 0 Å². The van der Waals surface area contributed by atoms with Crippen LogP contribution in [0.4, 0.5) is 17.1 Å². The maximum atomic E-state index is 11.0. The zero-order chi connectivity index (χ0) is 13.6. The molecule has 2 fully saturated rings. The molecule has 1 saturated heterocycles. The Morgan fingerprint density at radius 2 is 1.84 bits per heavy atom. The normalized spacial score (nSPS) is 27.7. The SMILES string of the molecule is O=[N+]([O-])c1ccc(NC2C3CNCC32)c([N+](=O)[O-])c1. The first-order chi connectivity index (χ1) is 9.08. The number of nitrogens with zero attached hydrogens (tertiary/aromatic N) is 2. The second kappa shape index (κ2) is 4.16. The molecule has 2 N–H and O–H groups in total. The van der Waals surface area contributed by atoms with Gasteiger partial charge in [0.05, 0.1) is 15.9 Å². The molecular formula is C11H12N4O4. The fraction of sp³-hybridized carbons (Fsp3) is 0.455. The molecule has 19 heavy (non-hydrogen) atoms. The number of hydrogen-bond donors (Lipinski definition) is 2. The monoisotopic (exact) mass is 264 g/mol. The van der Waals surface area contributed by atoms with E-state index in [1.165, 1.54) is 12.1 Å². The number of hydrogen-bond acceptors (Lipinski definition) is 6. The Morgan fingerprint density at radius 1 is 1.16 bits per heavy atom. The van der Waals surface area contributed by atoms with Gasteiger partial charge < -0.3 is 10.6 Å². The van der Waals surface area contributed by atoms with E-state index in [1.807, 2.05) is 0 Å². The molecule has 1 aromatic carbocycles. The Labute approximate surface area is 108 Å². The van der Waals surface area contributed by atoms with Crippen LogP contribution in [0.5, 0.6) is 0 Å². The molecule has 3 rings (SSSR count). The van der Waals surface area contributed by atoms with Crippen molar-refractivity contribution in [3.63, 3.8) is 0 Å². The number of nitrogens with one attached hydrogen (secondary N) is 2. The second-order valence-electron chi connectivity index (χ2n) is 4.87. The number of nitro groups is 2. The van der Waals surface area contributed by atoms with Crippen molar-refractivity contribution in [3.05, 3.63) is 38.4 Å². The van der Waals surface area contributed by atoms with Crippen molar-refractivity contribution >= 4 is 17.1 Å². The van der Waals surface area contributed by atoms with Crippen LogP contribution >= 0.6 is 0 Å². The van der Waals surface area contributed by atoms with Crippen LogP contribution in [-0.4, -0.2) is 29.0 Å². The lowest BCUT2D eigenvalue weighted by Gasteiger charge is -2.09. The molecule has 1 aliphatic heterocycles.